The van der Waals surface area contributed by atoms with E-state index in [-0.39, 0.29) is 43.4 Å². The van der Waals surface area contributed by atoms with Crippen LogP contribution in [0.2, 0.25) is 0 Å². The predicted octanol–water partition coefficient (Wildman–Crippen LogP) is 0.833. The number of carboxylic acid groups (broad SMARTS) is 1. The number of hydrogen-bond acceptors (Lipinski definition) is 6. The second kappa shape index (κ2) is 9.95. The van der Waals surface area contributed by atoms with Gasteiger partial charge in [0.25, 0.3) is 5.91 Å². The van der Waals surface area contributed by atoms with Crippen LogP contribution in [0.25, 0.3) is 0 Å². The van der Waals surface area contributed by atoms with Crippen LogP contribution in [0.15, 0.2) is 30.3 Å². The molecular weight excluding hydrogens is 422 g/mol. The smallest absolute Gasteiger partial charge is 0.308 e. The van der Waals surface area contributed by atoms with E-state index in [2.05, 4.69) is 5.32 Å². The van der Waals surface area contributed by atoms with Crippen molar-refractivity contribution in [3.63, 3.8) is 0 Å². The van der Waals surface area contributed by atoms with Crippen LogP contribution >= 0.6 is 11.8 Å². The van der Waals surface area contributed by atoms with Crippen LogP contribution in [0, 0.1) is 5.92 Å². The maximum atomic E-state index is 13.1. The zero-order valence-electron chi connectivity index (χ0n) is 17.2. The number of rotatable bonds is 6. The summed E-state index contributed by atoms with van der Waals surface area (Å²) in [6, 6.07) is 8.29. The highest BCUT2D eigenvalue weighted by Crippen LogP contribution is 2.24. The maximum Gasteiger partial charge on any atom is 0.308 e. The third kappa shape index (κ3) is 5.63. The molecule has 0 saturated carbocycles. The van der Waals surface area contributed by atoms with Crippen molar-refractivity contribution in [3.8, 4) is 0 Å². The van der Waals surface area contributed by atoms with Crippen molar-refractivity contribution in [2.45, 2.75) is 43.9 Å². The van der Waals surface area contributed by atoms with E-state index in [1.165, 1.54) is 11.9 Å². The number of benzene rings is 1. The fraction of sp³-hybridized carbons (Fsp3) is 0.476. The van der Waals surface area contributed by atoms with Crippen molar-refractivity contribution in [1.82, 2.24) is 15.3 Å². The van der Waals surface area contributed by atoms with E-state index in [4.69, 9.17) is 0 Å². The second-order valence-electron chi connectivity index (χ2n) is 7.65. The van der Waals surface area contributed by atoms with Crippen LogP contribution in [0.3, 0.4) is 0 Å². The molecule has 2 aliphatic rings. The molecule has 0 spiro atoms. The predicted molar refractivity (Wildman–Crippen MR) is 113 cm³/mol. The van der Waals surface area contributed by atoms with Crippen LogP contribution in [0.5, 0.6) is 0 Å². The molecule has 2 saturated heterocycles. The minimum atomic E-state index is -1.02. The Balaban J connectivity index is 1.74. The van der Waals surface area contributed by atoms with Crippen LogP contribution in [-0.4, -0.2) is 68.3 Å². The molecule has 0 aromatic heterocycles. The quantitative estimate of drug-likeness (QED) is 0.662. The second-order valence-corrected chi connectivity index (χ2v) is 9.03. The Hall–Kier alpha value is -2.88. The molecule has 0 radical (unpaired) electrons. The zero-order chi connectivity index (χ0) is 22.5. The van der Waals surface area contributed by atoms with Gasteiger partial charge in [0.2, 0.25) is 11.8 Å². The minimum absolute atomic E-state index is 0.0636. The van der Waals surface area contributed by atoms with Crippen LogP contribution in [0.4, 0.5) is 0 Å². The summed E-state index contributed by atoms with van der Waals surface area (Å²) >= 11 is 0.894. The highest BCUT2D eigenvalue weighted by atomic mass is 32.2. The molecule has 0 aliphatic carbocycles. The van der Waals surface area contributed by atoms with Gasteiger partial charge in [0.15, 0.2) is 5.12 Å². The Bertz CT molecular complexity index is 877. The molecule has 2 aliphatic heterocycles. The lowest BCUT2D eigenvalue weighted by Crippen LogP contribution is -2.59. The number of hydrazine groups is 1. The lowest BCUT2D eigenvalue weighted by Gasteiger charge is -2.40. The molecule has 2 fully saturated rings. The lowest BCUT2D eigenvalue weighted by atomic mass is 10.0. The van der Waals surface area contributed by atoms with E-state index in [9.17, 15) is 29.1 Å². The number of nitrogens with zero attached hydrogens (tertiary/aromatic N) is 2. The summed E-state index contributed by atoms with van der Waals surface area (Å²) in [5.74, 6) is -3.02. The largest absolute Gasteiger partial charge is 0.481 e. The molecule has 3 atom stereocenters. The van der Waals surface area contributed by atoms with E-state index in [1.807, 2.05) is 30.3 Å². The number of thioether (sulfide) groups is 1. The summed E-state index contributed by atoms with van der Waals surface area (Å²) < 4.78 is 0. The average molecular weight is 448 g/mol. The zero-order valence-corrected chi connectivity index (χ0v) is 18.0. The first-order chi connectivity index (χ1) is 14.8. The fourth-order valence-corrected chi connectivity index (χ4v) is 4.63. The number of carboxylic acids is 1. The molecule has 0 unspecified atom stereocenters. The SMILES string of the molecule is CC(=O)S[C@@H](Cc1ccccc1)C(=O)N[C@H]1CCC(=O)N2CC[C@@H](C(=O)O)CN2C1=O. The molecule has 2 heterocycles. The number of fused-ring (bicyclic) bond motifs is 1. The Morgan fingerprint density at radius 3 is 2.52 bits per heavy atom. The number of carbonyl (C=O) groups is 5. The highest BCUT2D eigenvalue weighted by Gasteiger charge is 2.42. The van der Waals surface area contributed by atoms with Gasteiger partial charge in [-0.15, -0.1) is 0 Å². The summed E-state index contributed by atoms with van der Waals surface area (Å²) in [6.07, 6.45) is 0.773. The first kappa shape index (κ1) is 22.8. The molecule has 0 bridgehead atoms. The van der Waals surface area contributed by atoms with Gasteiger partial charge in [0, 0.05) is 19.9 Å². The third-order valence-electron chi connectivity index (χ3n) is 5.39. The van der Waals surface area contributed by atoms with Crippen molar-refractivity contribution in [2.24, 2.45) is 5.92 Å². The summed E-state index contributed by atoms with van der Waals surface area (Å²) in [7, 11) is 0. The Labute approximate surface area is 184 Å². The topological polar surface area (TPSA) is 124 Å². The van der Waals surface area contributed by atoms with E-state index in [0.717, 1.165) is 22.3 Å². The summed E-state index contributed by atoms with van der Waals surface area (Å²) in [5.41, 5.74) is 0.880. The molecule has 3 amide bonds. The van der Waals surface area contributed by atoms with Gasteiger partial charge in [-0.25, -0.2) is 5.01 Å². The van der Waals surface area contributed by atoms with Crippen molar-refractivity contribution in [2.75, 3.05) is 13.1 Å². The van der Waals surface area contributed by atoms with Gasteiger partial charge in [-0.05, 0) is 24.8 Å². The van der Waals surface area contributed by atoms with Gasteiger partial charge < -0.3 is 10.4 Å². The molecule has 1 aromatic carbocycles. The number of nitrogens with one attached hydrogen (secondary N) is 1. The molecule has 166 valence electrons. The maximum absolute atomic E-state index is 13.1. The van der Waals surface area contributed by atoms with Gasteiger partial charge in [-0.2, -0.15) is 0 Å². The van der Waals surface area contributed by atoms with Crippen molar-refractivity contribution < 1.29 is 29.1 Å². The van der Waals surface area contributed by atoms with Gasteiger partial charge in [-0.3, -0.25) is 29.0 Å². The number of aliphatic carboxylic acids is 1. The standard InChI is InChI=1S/C21H25N3O6S/c1-13(25)31-17(11-14-5-3-2-4-6-14)19(27)22-16-7-8-18(26)23-10-9-15(21(29)30)12-24(23)20(16)28/h2-6,15-17H,7-12H2,1H3,(H,22,27)(H,29,30)/t15-,16+,17+/m1/s1. The lowest BCUT2D eigenvalue weighted by molar-refractivity contribution is -0.173. The van der Waals surface area contributed by atoms with Gasteiger partial charge in [0.1, 0.15) is 6.04 Å². The van der Waals surface area contributed by atoms with Crippen molar-refractivity contribution in [1.29, 1.82) is 0 Å². The number of carbonyl (C=O) groups excluding carboxylic acids is 4. The monoisotopic (exact) mass is 447 g/mol. The van der Waals surface area contributed by atoms with Crippen LogP contribution < -0.4 is 5.32 Å². The van der Waals surface area contributed by atoms with Crippen molar-refractivity contribution in [3.05, 3.63) is 35.9 Å². The third-order valence-corrected chi connectivity index (χ3v) is 6.39. The van der Waals surface area contributed by atoms with E-state index in [0.29, 0.717) is 6.42 Å². The average Bonchev–Trinajstić information content (AvgIpc) is 2.85. The first-order valence-electron chi connectivity index (χ1n) is 10.1. The molecule has 2 N–H and O–H groups in total. The molecule has 10 heteroatoms. The van der Waals surface area contributed by atoms with Gasteiger partial charge in [-0.1, -0.05) is 42.1 Å². The molecule has 31 heavy (non-hydrogen) atoms. The molecule has 1 aromatic rings. The minimum Gasteiger partial charge on any atom is -0.481 e. The molecule has 3 rings (SSSR count). The Kier molecular flexibility index (Phi) is 7.32. The van der Waals surface area contributed by atoms with Gasteiger partial charge in [0.05, 0.1) is 17.7 Å². The van der Waals surface area contributed by atoms with E-state index < -0.39 is 35.0 Å². The van der Waals surface area contributed by atoms with Crippen molar-refractivity contribution >= 4 is 40.6 Å². The molecule has 9 nitrogen and oxygen atoms in total. The Morgan fingerprint density at radius 2 is 1.87 bits per heavy atom. The fourth-order valence-electron chi connectivity index (χ4n) is 3.78. The summed E-state index contributed by atoms with van der Waals surface area (Å²) in [4.78, 5) is 61.6. The normalized spacial score (nSPS) is 22.4. The van der Waals surface area contributed by atoms with E-state index in [1.54, 1.807) is 0 Å². The number of amides is 3. The van der Waals surface area contributed by atoms with E-state index >= 15 is 0 Å². The Morgan fingerprint density at radius 1 is 1.16 bits per heavy atom. The summed E-state index contributed by atoms with van der Waals surface area (Å²) in [5, 5.41) is 13.5. The highest BCUT2D eigenvalue weighted by molar-refractivity contribution is 8.14. The van der Waals surface area contributed by atoms with Gasteiger partial charge >= 0.3 is 5.97 Å². The molecular formula is C21H25N3O6S. The summed E-state index contributed by atoms with van der Waals surface area (Å²) in [6.45, 7) is 1.42. The van der Waals surface area contributed by atoms with Crippen LogP contribution in [0.1, 0.15) is 31.7 Å². The first-order valence-corrected chi connectivity index (χ1v) is 11.0. The number of hydrogen-bond donors (Lipinski definition) is 2. The van der Waals surface area contributed by atoms with Crippen LogP contribution in [-0.2, 0) is 30.4 Å².